The molecule has 5 heteroatoms. The van der Waals surface area contributed by atoms with E-state index in [0.717, 1.165) is 23.8 Å². The van der Waals surface area contributed by atoms with Gasteiger partial charge in [0.25, 0.3) is 0 Å². The molecule has 1 saturated heterocycles. The second-order valence-corrected chi connectivity index (χ2v) is 4.64. The highest BCUT2D eigenvalue weighted by atomic mass is 15.3. The van der Waals surface area contributed by atoms with Gasteiger partial charge in [-0.15, -0.1) is 0 Å². The van der Waals surface area contributed by atoms with Crippen LogP contribution in [0.5, 0.6) is 0 Å². The van der Waals surface area contributed by atoms with E-state index in [-0.39, 0.29) is 0 Å². The first-order valence-corrected chi connectivity index (χ1v) is 6.16. The molecule has 5 nitrogen and oxygen atoms in total. The standard InChI is InChI=1S/C13H19N5/c1-9-5-4-6-18(9)13-15-7-12(8-16-13)10(2)17-11(3)14/h7-9H,3-6,14H2,1-2H3/b17-10+/t9-/m0/s1. The third kappa shape index (κ3) is 2.67. The van der Waals surface area contributed by atoms with Crippen molar-refractivity contribution in [2.24, 2.45) is 10.7 Å². The lowest BCUT2D eigenvalue weighted by atomic mass is 10.2. The number of hydrogen-bond acceptors (Lipinski definition) is 5. The number of rotatable bonds is 3. The van der Waals surface area contributed by atoms with E-state index in [4.69, 9.17) is 5.73 Å². The van der Waals surface area contributed by atoms with E-state index in [0.29, 0.717) is 11.9 Å². The van der Waals surface area contributed by atoms with E-state index < -0.39 is 0 Å². The normalized spacial score (nSPS) is 20.2. The van der Waals surface area contributed by atoms with Gasteiger partial charge >= 0.3 is 0 Å². The van der Waals surface area contributed by atoms with Crippen LogP contribution >= 0.6 is 0 Å². The summed E-state index contributed by atoms with van der Waals surface area (Å²) in [4.78, 5) is 15.1. The molecule has 1 aliphatic rings. The van der Waals surface area contributed by atoms with E-state index >= 15 is 0 Å². The third-order valence-corrected chi connectivity index (χ3v) is 3.18. The minimum absolute atomic E-state index is 0.296. The summed E-state index contributed by atoms with van der Waals surface area (Å²) in [5.41, 5.74) is 7.10. The summed E-state index contributed by atoms with van der Waals surface area (Å²) in [5, 5.41) is 0. The van der Waals surface area contributed by atoms with Crippen molar-refractivity contribution in [1.82, 2.24) is 9.97 Å². The molecule has 0 aliphatic carbocycles. The SMILES string of the molecule is C=C(N)/N=C(\C)c1cnc(N2CCC[C@@H]2C)nc1. The molecule has 0 spiro atoms. The molecule has 0 amide bonds. The average Bonchev–Trinajstić information content (AvgIpc) is 2.75. The quantitative estimate of drug-likeness (QED) is 0.823. The first-order valence-electron chi connectivity index (χ1n) is 6.16. The van der Waals surface area contributed by atoms with Crippen LogP contribution in [0.15, 0.2) is 29.8 Å². The van der Waals surface area contributed by atoms with Crippen molar-refractivity contribution < 1.29 is 0 Å². The van der Waals surface area contributed by atoms with Gasteiger partial charge in [0, 0.05) is 36.3 Å². The molecule has 0 aromatic carbocycles. The molecule has 2 N–H and O–H groups in total. The molecule has 1 aliphatic heterocycles. The van der Waals surface area contributed by atoms with Gasteiger partial charge in [-0.1, -0.05) is 6.58 Å². The monoisotopic (exact) mass is 245 g/mol. The summed E-state index contributed by atoms with van der Waals surface area (Å²) in [6.07, 6.45) is 5.99. The van der Waals surface area contributed by atoms with E-state index in [2.05, 4.69) is 33.4 Å². The maximum atomic E-state index is 5.45. The van der Waals surface area contributed by atoms with Crippen LogP contribution in [0.2, 0.25) is 0 Å². The van der Waals surface area contributed by atoms with E-state index in [9.17, 15) is 0 Å². The molecular formula is C13H19N5. The zero-order valence-electron chi connectivity index (χ0n) is 10.9. The fourth-order valence-electron chi connectivity index (χ4n) is 2.17. The van der Waals surface area contributed by atoms with Crippen molar-refractivity contribution in [3.63, 3.8) is 0 Å². The van der Waals surface area contributed by atoms with Gasteiger partial charge in [0.05, 0.1) is 0 Å². The van der Waals surface area contributed by atoms with Crippen LogP contribution in [0.4, 0.5) is 5.95 Å². The van der Waals surface area contributed by atoms with Gasteiger partial charge in [-0.2, -0.15) is 0 Å². The third-order valence-electron chi connectivity index (χ3n) is 3.18. The molecule has 2 heterocycles. The molecular weight excluding hydrogens is 226 g/mol. The highest BCUT2D eigenvalue weighted by Gasteiger charge is 2.22. The number of anilines is 1. The average molecular weight is 245 g/mol. The Morgan fingerprint density at radius 1 is 1.50 bits per heavy atom. The van der Waals surface area contributed by atoms with Crippen LogP contribution in [-0.4, -0.2) is 28.3 Å². The Balaban J connectivity index is 2.17. The Kier molecular flexibility index (Phi) is 3.60. The van der Waals surface area contributed by atoms with Gasteiger partial charge in [0.15, 0.2) is 0 Å². The number of nitrogens with zero attached hydrogens (tertiary/aromatic N) is 4. The van der Waals surface area contributed by atoms with Crippen molar-refractivity contribution in [2.45, 2.75) is 32.7 Å². The Morgan fingerprint density at radius 3 is 2.67 bits per heavy atom. The molecule has 0 saturated carbocycles. The van der Waals surface area contributed by atoms with Crippen LogP contribution in [0.25, 0.3) is 0 Å². The summed E-state index contributed by atoms with van der Waals surface area (Å²) in [7, 11) is 0. The Hall–Kier alpha value is -1.91. The van der Waals surface area contributed by atoms with Crippen LogP contribution in [0.1, 0.15) is 32.3 Å². The molecule has 1 fully saturated rings. The van der Waals surface area contributed by atoms with Gasteiger partial charge in [0.1, 0.15) is 5.82 Å². The van der Waals surface area contributed by atoms with E-state index in [1.165, 1.54) is 12.8 Å². The maximum absolute atomic E-state index is 5.45. The highest BCUT2D eigenvalue weighted by Crippen LogP contribution is 2.21. The zero-order valence-corrected chi connectivity index (χ0v) is 10.9. The minimum Gasteiger partial charge on any atom is -0.384 e. The van der Waals surface area contributed by atoms with Crippen molar-refractivity contribution in [3.05, 3.63) is 30.4 Å². The van der Waals surface area contributed by atoms with Crippen molar-refractivity contribution in [1.29, 1.82) is 0 Å². The summed E-state index contributed by atoms with van der Waals surface area (Å²) < 4.78 is 0. The summed E-state index contributed by atoms with van der Waals surface area (Å²) >= 11 is 0. The molecule has 2 rings (SSSR count). The second kappa shape index (κ2) is 5.16. The fraction of sp³-hybridized carbons (Fsp3) is 0.462. The van der Waals surface area contributed by atoms with Crippen molar-refractivity contribution in [3.8, 4) is 0 Å². The first kappa shape index (κ1) is 12.5. The largest absolute Gasteiger partial charge is 0.384 e. The summed E-state index contributed by atoms with van der Waals surface area (Å²) in [5.74, 6) is 1.09. The topological polar surface area (TPSA) is 67.4 Å². The predicted octanol–water partition coefficient (Wildman–Crippen LogP) is 1.70. The van der Waals surface area contributed by atoms with Gasteiger partial charge in [-0.05, 0) is 26.7 Å². The first-order chi connectivity index (χ1) is 8.58. The minimum atomic E-state index is 0.296. The van der Waals surface area contributed by atoms with Crippen LogP contribution < -0.4 is 10.6 Å². The van der Waals surface area contributed by atoms with Gasteiger partial charge in [-0.25, -0.2) is 15.0 Å². The van der Waals surface area contributed by atoms with Crippen LogP contribution in [-0.2, 0) is 0 Å². The lowest BCUT2D eigenvalue weighted by Crippen LogP contribution is -2.28. The highest BCUT2D eigenvalue weighted by molar-refractivity contribution is 5.98. The molecule has 1 atom stereocenters. The summed E-state index contributed by atoms with van der Waals surface area (Å²) in [6, 6.07) is 0.523. The summed E-state index contributed by atoms with van der Waals surface area (Å²) in [6.45, 7) is 8.66. The Bertz CT molecular complexity index is 463. The van der Waals surface area contributed by atoms with Gasteiger partial charge in [-0.3, -0.25) is 0 Å². The lowest BCUT2D eigenvalue weighted by molar-refractivity contribution is 0.717. The second-order valence-electron chi connectivity index (χ2n) is 4.64. The smallest absolute Gasteiger partial charge is 0.225 e. The Labute approximate surface area is 107 Å². The van der Waals surface area contributed by atoms with E-state index in [1.807, 2.05) is 6.92 Å². The van der Waals surface area contributed by atoms with Crippen molar-refractivity contribution in [2.75, 3.05) is 11.4 Å². The fourth-order valence-corrected chi connectivity index (χ4v) is 2.17. The number of aromatic nitrogens is 2. The number of hydrogen-bond donors (Lipinski definition) is 1. The molecule has 96 valence electrons. The lowest BCUT2D eigenvalue weighted by Gasteiger charge is -2.20. The number of aliphatic imine (C=N–C) groups is 1. The van der Waals surface area contributed by atoms with Crippen LogP contribution in [0.3, 0.4) is 0 Å². The Morgan fingerprint density at radius 2 is 2.17 bits per heavy atom. The van der Waals surface area contributed by atoms with Crippen molar-refractivity contribution >= 4 is 11.7 Å². The zero-order chi connectivity index (χ0) is 13.1. The molecule has 18 heavy (non-hydrogen) atoms. The maximum Gasteiger partial charge on any atom is 0.225 e. The molecule has 0 radical (unpaired) electrons. The van der Waals surface area contributed by atoms with Gasteiger partial charge < -0.3 is 10.6 Å². The molecule has 0 unspecified atom stereocenters. The van der Waals surface area contributed by atoms with E-state index in [1.54, 1.807) is 12.4 Å². The van der Waals surface area contributed by atoms with Crippen LogP contribution in [0, 0.1) is 0 Å². The molecule has 0 bridgehead atoms. The molecule has 1 aromatic rings. The molecule has 1 aromatic heterocycles. The predicted molar refractivity (Wildman–Crippen MR) is 73.6 cm³/mol. The number of nitrogens with two attached hydrogens (primary N) is 1. The van der Waals surface area contributed by atoms with Gasteiger partial charge in [0.2, 0.25) is 5.95 Å².